The van der Waals surface area contributed by atoms with E-state index in [0.29, 0.717) is 18.2 Å². The molecule has 2 rings (SSSR count). The molecule has 0 saturated carbocycles. The number of hydrogen-bond acceptors (Lipinski definition) is 11. The van der Waals surface area contributed by atoms with Gasteiger partial charge in [0, 0.05) is 6.07 Å². The van der Waals surface area contributed by atoms with Gasteiger partial charge < -0.3 is 0 Å². The van der Waals surface area contributed by atoms with E-state index < -0.39 is 70.0 Å². The van der Waals surface area contributed by atoms with E-state index >= 15 is 0 Å². The molecule has 0 unspecified atom stereocenters. The van der Waals surface area contributed by atoms with Crippen molar-refractivity contribution in [2.24, 2.45) is 0 Å². The van der Waals surface area contributed by atoms with Crippen LogP contribution < -0.4 is 0 Å². The third-order valence-corrected chi connectivity index (χ3v) is 3.55. The second-order valence-electron chi connectivity index (χ2n) is 5.18. The van der Waals surface area contributed by atoms with Crippen LogP contribution in [0.4, 0.5) is 28.4 Å². The summed E-state index contributed by atoms with van der Waals surface area (Å²) in [4.78, 5) is 62.1. The van der Waals surface area contributed by atoms with Gasteiger partial charge in [-0.25, -0.2) is 0 Å². The lowest BCUT2D eigenvalue weighted by atomic mass is 9.97. The van der Waals surface area contributed by atoms with E-state index in [1.54, 1.807) is 0 Å². The molecule has 0 aromatic heterocycles. The molecule has 0 saturated heterocycles. The van der Waals surface area contributed by atoms with Crippen molar-refractivity contribution >= 4 is 34.2 Å². The lowest BCUT2D eigenvalue weighted by molar-refractivity contribution is -0.403. The molecule has 0 amide bonds. The summed E-state index contributed by atoms with van der Waals surface area (Å²) in [7, 11) is 0. The van der Waals surface area contributed by atoms with Gasteiger partial charge in [0.15, 0.2) is 5.56 Å². The highest BCUT2D eigenvalue weighted by Gasteiger charge is 2.38. The summed E-state index contributed by atoms with van der Waals surface area (Å²) in [5, 5.41) is 55.3. The molecule has 29 heavy (non-hydrogen) atoms. The lowest BCUT2D eigenvalue weighted by Crippen LogP contribution is -2.12. The van der Waals surface area contributed by atoms with E-state index in [1.165, 1.54) is 0 Å². The van der Waals surface area contributed by atoms with Crippen LogP contribution in [0.3, 0.4) is 0 Å². The summed E-state index contributed by atoms with van der Waals surface area (Å²) < 4.78 is 0. The van der Waals surface area contributed by atoms with E-state index in [1.807, 2.05) is 0 Å². The van der Waals surface area contributed by atoms with E-state index in [4.69, 9.17) is 0 Å². The largest absolute Gasteiger partial charge is 0.294 e. The van der Waals surface area contributed by atoms with Crippen LogP contribution in [0.15, 0.2) is 30.3 Å². The molecule has 0 bridgehead atoms. The molecule has 2 aromatic carbocycles. The molecule has 16 nitrogen and oxygen atoms in total. The Morgan fingerprint density at radius 1 is 0.586 bits per heavy atom. The van der Waals surface area contributed by atoms with Crippen LogP contribution >= 0.6 is 0 Å². The van der Waals surface area contributed by atoms with E-state index in [2.05, 4.69) is 0 Å². The number of ketones is 1. The standard InChI is InChI=1S/C13H5N5O11/c19-13(8-2-1-6(14(20)21)3-9(8)16(24)25)12-10(17(26)27)4-7(15(22)23)5-11(12)18(28)29/h1-5H. The van der Waals surface area contributed by atoms with Gasteiger partial charge in [-0.05, 0) is 6.07 Å². The van der Waals surface area contributed by atoms with E-state index in [-0.39, 0.29) is 12.1 Å². The van der Waals surface area contributed by atoms with Crippen LogP contribution in [0.2, 0.25) is 0 Å². The quantitative estimate of drug-likeness (QED) is 0.367. The maximum atomic E-state index is 12.7. The van der Waals surface area contributed by atoms with Gasteiger partial charge in [-0.1, -0.05) is 0 Å². The smallest absolute Gasteiger partial charge is 0.288 e. The topological polar surface area (TPSA) is 233 Å². The summed E-state index contributed by atoms with van der Waals surface area (Å²) in [6, 6.07) is 2.27. The SMILES string of the molecule is O=C(c1ccc([N+](=O)[O-])cc1[N+](=O)[O-])c1c([N+](=O)[O-])cc([N+](=O)[O-])cc1[N+](=O)[O-]. The molecular weight excluding hydrogens is 402 g/mol. The molecule has 0 fully saturated rings. The van der Waals surface area contributed by atoms with Crippen molar-refractivity contribution in [1.82, 2.24) is 0 Å². The molecular formula is C13H5N5O11. The van der Waals surface area contributed by atoms with E-state index in [0.717, 1.165) is 0 Å². The van der Waals surface area contributed by atoms with Crippen molar-refractivity contribution < 1.29 is 29.4 Å². The summed E-state index contributed by atoms with van der Waals surface area (Å²) in [5.41, 5.74) is -7.79. The Hall–Kier alpha value is -4.89. The monoisotopic (exact) mass is 407 g/mol. The number of benzene rings is 2. The molecule has 0 aliphatic rings. The minimum atomic E-state index is -1.58. The number of hydrogen-bond donors (Lipinski definition) is 0. The maximum Gasteiger partial charge on any atom is 0.294 e. The summed E-state index contributed by atoms with van der Waals surface area (Å²) >= 11 is 0. The zero-order valence-corrected chi connectivity index (χ0v) is 13.6. The predicted octanol–water partition coefficient (Wildman–Crippen LogP) is 2.46. The fourth-order valence-corrected chi connectivity index (χ4v) is 2.33. The average Bonchev–Trinajstić information content (AvgIpc) is 2.65. The molecule has 0 aliphatic carbocycles. The van der Waals surface area contributed by atoms with Crippen molar-refractivity contribution in [2.45, 2.75) is 0 Å². The lowest BCUT2D eigenvalue weighted by Gasteiger charge is -2.05. The average molecular weight is 407 g/mol. The predicted molar refractivity (Wildman–Crippen MR) is 89.6 cm³/mol. The number of nitrogens with zero attached hydrogens (tertiary/aromatic N) is 5. The minimum Gasteiger partial charge on any atom is -0.288 e. The van der Waals surface area contributed by atoms with Gasteiger partial charge in [-0.2, -0.15) is 0 Å². The fourth-order valence-electron chi connectivity index (χ4n) is 2.33. The number of rotatable bonds is 7. The van der Waals surface area contributed by atoms with Crippen molar-refractivity contribution in [3.8, 4) is 0 Å². The van der Waals surface area contributed by atoms with E-state index in [9.17, 15) is 55.4 Å². The highest BCUT2D eigenvalue weighted by Crippen LogP contribution is 2.37. The third-order valence-electron chi connectivity index (χ3n) is 3.55. The van der Waals surface area contributed by atoms with Crippen molar-refractivity contribution in [3.63, 3.8) is 0 Å². The number of nitro benzene ring substituents is 5. The molecule has 0 aliphatic heterocycles. The summed E-state index contributed by atoms with van der Waals surface area (Å²) in [6.07, 6.45) is 0. The van der Waals surface area contributed by atoms with Crippen molar-refractivity contribution in [3.05, 3.63) is 92.0 Å². The highest BCUT2D eigenvalue weighted by molar-refractivity contribution is 6.16. The number of non-ortho nitro benzene ring substituents is 2. The van der Waals surface area contributed by atoms with Crippen LogP contribution in [0.1, 0.15) is 15.9 Å². The van der Waals surface area contributed by atoms with Crippen LogP contribution in [0.25, 0.3) is 0 Å². The molecule has 0 heterocycles. The number of nitro groups is 5. The Bertz CT molecular complexity index is 1090. The van der Waals surface area contributed by atoms with Gasteiger partial charge in [0.1, 0.15) is 5.56 Å². The zero-order chi connectivity index (χ0) is 22.0. The molecule has 148 valence electrons. The van der Waals surface area contributed by atoms with Gasteiger partial charge in [0.25, 0.3) is 28.4 Å². The number of carbonyl (C=O) groups excluding carboxylic acids is 1. The highest BCUT2D eigenvalue weighted by atomic mass is 16.6. The minimum absolute atomic E-state index is 0.289. The van der Waals surface area contributed by atoms with Crippen LogP contribution in [-0.4, -0.2) is 30.4 Å². The molecule has 0 atom stereocenters. The third kappa shape index (κ3) is 3.79. The first-order chi connectivity index (χ1) is 13.5. The molecule has 16 heteroatoms. The number of carbonyl (C=O) groups is 1. The van der Waals surface area contributed by atoms with Crippen LogP contribution in [-0.2, 0) is 0 Å². The Kier molecular flexibility index (Phi) is 5.20. The Morgan fingerprint density at radius 3 is 1.38 bits per heavy atom. The van der Waals surface area contributed by atoms with Gasteiger partial charge in [-0.15, -0.1) is 0 Å². The fraction of sp³-hybridized carbons (Fsp3) is 0. The van der Waals surface area contributed by atoms with Gasteiger partial charge >= 0.3 is 0 Å². The van der Waals surface area contributed by atoms with Crippen molar-refractivity contribution in [1.29, 1.82) is 0 Å². The Morgan fingerprint density at radius 2 is 1.00 bits per heavy atom. The van der Waals surface area contributed by atoms with Gasteiger partial charge in [0.2, 0.25) is 5.78 Å². The molecule has 0 spiro atoms. The Labute approximate surface area is 156 Å². The van der Waals surface area contributed by atoms with Gasteiger partial charge in [-0.3, -0.25) is 55.4 Å². The Balaban J connectivity index is 2.87. The normalized spacial score (nSPS) is 10.2. The molecule has 0 radical (unpaired) electrons. The second-order valence-corrected chi connectivity index (χ2v) is 5.18. The first-order valence-corrected chi connectivity index (χ1v) is 7.04. The summed E-state index contributed by atoms with van der Waals surface area (Å²) in [5.74, 6) is -1.58. The molecule has 0 N–H and O–H groups in total. The molecule has 2 aromatic rings. The zero-order valence-electron chi connectivity index (χ0n) is 13.6. The second kappa shape index (κ2) is 7.39. The first kappa shape index (κ1) is 20.4. The first-order valence-electron chi connectivity index (χ1n) is 7.04. The van der Waals surface area contributed by atoms with Crippen LogP contribution in [0, 0.1) is 50.6 Å². The van der Waals surface area contributed by atoms with Crippen LogP contribution in [0.5, 0.6) is 0 Å². The maximum absolute atomic E-state index is 12.7. The summed E-state index contributed by atoms with van der Waals surface area (Å²) in [6.45, 7) is 0. The van der Waals surface area contributed by atoms with Gasteiger partial charge in [0.05, 0.1) is 42.8 Å². The van der Waals surface area contributed by atoms with Crippen molar-refractivity contribution in [2.75, 3.05) is 0 Å².